The Labute approximate surface area is 151 Å². The summed E-state index contributed by atoms with van der Waals surface area (Å²) in [5.74, 6) is -0.519. The number of quaternary nitrogens is 1. The van der Waals surface area contributed by atoms with Crippen LogP contribution >= 0.6 is 0 Å². The van der Waals surface area contributed by atoms with Crippen molar-refractivity contribution in [1.82, 2.24) is 4.90 Å². The van der Waals surface area contributed by atoms with Gasteiger partial charge in [0.1, 0.15) is 0 Å². The Morgan fingerprint density at radius 2 is 1.65 bits per heavy atom. The molecule has 2 aliphatic rings. The molecule has 0 unspecified atom stereocenters. The number of likely N-dealkylation sites (N-methyl/N-ethyl adjacent to an activating group) is 1. The fourth-order valence-electron chi connectivity index (χ4n) is 3.49. The number of rotatable bonds is 1. The maximum Gasteiger partial charge on any atom is 0.254 e. The number of amides is 1. The lowest BCUT2D eigenvalue weighted by Crippen LogP contribution is -3.12. The average molecular weight is 371 g/mol. The zero-order valence-electron chi connectivity index (χ0n) is 14.4. The number of nitrogens with zero attached hydrogens (tertiary/aromatic N) is 1. The second-order valence-electron chi connectivity index (χ2n) is 6.79. The quantitative estimate of drug-likeness (QED) is 0.655. The molecule has 0 aromatic heterocycles. The summed E-state index contributed by atoms with van der Waals surface area (Å²) in [6.07, 6.45) is 0. The maximum atomic E-state index is 13.0. The first-order chi connectivity index (χ1) is 12.4. The summed E-state index contributed by atoms with van der Waals surface area (Å²) in [5.41, 5.74) is 0.614. The van der Waals surface area contributed by atoms with Crippen LogP contribution in [0.25, 0.3) is 0 Å². The molecule has 1 N–H and O–H groups in total. The summed E-state index contributed by atoms with van der Waals surface area (Å²) in [6.45, 7) is 2.99. The molecule has 1 fully saturated rings. The largest absolute Gasteiger partial charge is 0.334 e. The minimum absolute atomic E-state index is 0.00490. The van der Waals surface area contributed by atoms with Gasteiger partial charge in [-0.25, -0.2) is 8.42 Å². The highest BCUT2D eigenvalue weighted by Crippen LogP contribution is 2.34. The molecule has 0 radical (unpaired) electrons. The number of sulfone groups is 1. The molecule has 0 bridgehead atoms. The molecule has 0 aliphatic carbocycles. The second kappa shape index (κ2) is 6.03. The van der Waals surface area contributed by atoms with Gasteiger partial charge in [0.2, 0.25) is 9.84 Å². The van der Waals surface area contributed by atoms with Crippen molar-refractivity contribution in [3.8, 4) is 0 Å². The van der Waals surface area contributed by atoms with Gasteiger partial charge < -0.3 is 9.80 Å². The van der Waals surface area contributed by atoms with Crippen molar-refractivity contribution in [3.05, 3.63) is 59.2 Å². The van der Waals surface area contributed by atoms with Gasteiger partial charge in [-0.15, -0.1) is 0 Å². The first kappa shape index (κ1) is 16.9. The van der Waals surface area contributed by atoms with E-state index in [0.29, 0.717) is 18.7 Å². The third-order valence-electron chi connectivity index (χ3n) is 5.09. The van der Waals surface area contributed by atoms with Crippen molar-refractivity contribution in [1.29, 1.82) is 0 Å². The lowest BCUT2D eigenvalue weighted by molar-refractivity contribution is -0.883. The molecule has 0 saturated carbocycles. The van der Waals surface area contributed by atoms with E-state index in [0.717, 1.165) is 13.1 Å². The molecule has 134 valence electrons. The fraction of sp³-hybridized carbons (Fsp3) is 0.263. The highest BCUT2D eigenvalue weighted by Gasteiger charge is 2.35. The normalized spacial score (nSPS) is 19.0. The maximum absolute atomic E-state index is 13.0. The number of fused-ring (bicyclic) bond motifs is 2. The number of benzene rings is 2. The number of nitrogens with one attached hydrogen (secondary N) is 1. The van der Waals surface area contributed by atoms with Crippen LogP contribution in [0.3, 0.4) is 0 Å². The van der Waals surface area contributed by atoms with Crippen LogP contribution in [0.4, 0.5) is 0 Å². The van der Waals surface area contributed by atoms with Gasteiger partial charge in [-0.05, 0) is 30.3 Å². The van der Waals surface area contributed by atoms with Crippen LogP contribution in [0, 0.1) is 0 Å². The molecular weight excluding hydrogens is 352 g/mol. The van der Waals surface area contributed by atoms with Gasteiger partial charge in [0.15, 0.2) is 5.78 Å². The SMILES string of the molecule is C[NH+]1CCN(C(=O)c2ccc3c(c2)S(=O)(=O)c2ccccc2C3=O)CC1. The number of ketones is 1. The van der Waals surface area contributed by atoms with Crippen LogP contribution in [-0.4, -0.2) is 58.2 Å². The highest BCUT2D eigenvalue weighted by molar-refractivity contribution is 7.91. The predicted molar refractivity (Wildman–Crippen MR) is 94.3 cm³/mol. The molecule has 0 spiro atoms. The fourth-order valence-corrected chi connectivity index (χ4v) is 5.17. The van der Waals surface area contributed by atoms with E-state index in [1.54, 1.807) is 23.1 Å². The van der Waals surface area contributed by atoms with E-state index in [9.17, 15) is 18.0 Å². The predicted octanol–water partition coefficient (Wildman–Crippen LogP) is 0.0343. The average Bonchev–Trinajstić information content (AvgIpc) is 2.66. The Morgan fingerprint density at radius 3 is 2.38 bits per heavy atom. The molecule has 1 amide bonds. The molecule has 4 rings (SSSR count). The summed E-state index contributed by atoms with van der Waals surface area (Å²) in [6, 6.07) is 10.5. The molecule has 7 heteroatoms. The van der Waals surface area contributed by atoms with Gasteiger partial charge in [-0.3, -0.25) is 9.59 Å². The van der Waals surface area contributed by atoms with Crippen LogP contribution < -0.4 is 4.90 Å². The number of hydrogen-bond donors (Lipinski definition) is 1. The highest BCUT2D eigenvalue weighted by atomic mass is 32.2. The number of carbonyl (C=O) groups excluding carboxylic acids is 2. The zero-order valence-corrected chi connectivity index (χ0v) is 15.2. The van der Waals surface area contributed by atoms with Crippen molar-refractivity contribution < 1.29 is 22.9 Å². The lowest BCUT2D eigenvalue weighted by Gasteiger charge is -2.30. The standard InChI is InChI=1S/C19H18N2O4S/c1-20-8-10-21(11-9-20)19(23)13-6-7-15-17(12-13)26(24,25)16-5-3-2-4-14(16)18(15)22/h2-7,12H,8-11H2,1H3/p+1. The number of carbonyl (C=O) groups is 2. The van der Waals surface area contributed by atoms with E-state index in [4.69, 9.17) is 0 Å². The van der Waals surface area contributed by atoms with E-state index in [2.05, 4.69) is 7.05 Å². The summed E-state index contributed by atoms with van der Waals surface area (Å²) >= 11 is 0. The van der Waals surface area contributed by atoms with Gasteiger partial charge in [0.25, 0.3) is 5.91 Å². The Hall–Kier alpha value is -2.51. The van der Waals surface area contributed by atoms with Crippen molar-refractivity contribution >= 4 is 21.5 Å². The van der Waals surface area contributed by atoms with Crippen molar-refractivity contribution in [2.24, 2.45) is 0 Å². The first-order valence-electron chi connectivity index (χ1n) is 8.53. The molecule has 2 aromatic carbocycles. The molecule has 1 saturated heterocycles. The van der Waals surface area contributed by atoms with Crippen LogP contribution in [-0.2, 0) is 9.84 Å². The van der Waals surface area contributed by atoms with Crippen LogP contribution in [0.15, 0.2) is 52.3 Å². The molecule has 2 aliphatic heterocycles. The molecular formula is C19H19N2O4S+. The van der Waals surface area contributed by atoms with E-state index in [1.165, 1.54) is 29.2 Å². The molecule has 0 atom stereocenters. The Morgan fingerprint density at radius 1 is 1.00 bits per heavy atom. The van der Waals surface area contributed by atoms with Crippen molar-refractivity contribution in [3.63, 3.8) is 0 Å². The number of piperazine rings is 1. The van der Waals surface area contributed by atoms with Gasteiger partial charge in [-0.2, -0.15) is 0 Å². The summed E-state index contributed by atoms with van der Waals surface area (Å²) < 4.78 is 25.9. The monoisotopic (exact) mass is 371 g/mol. The van der Waals surface area contributed by atoms with E-state index < -0.39 is 9.84 Å². The second-order valence-corrected chi connectivity index (χ2v) is 8.68. The van der Waals surface area contributed by atoms with Crippen LogP contribution in [0.1, 0.15) is 26.3 Å². The molecule has 26 heavy (non-hydrogen) atoms. The summed E-state index contributed by atoms with van der Waals surface area (Å²) in [7, 11) is -1.75. The Bertz CT molecular complexity index is 1020. The smallest absolute Gasteiger partial charge is 0.254 e. The molecule has 2 aromatic rings. The van der Waals surface area contributed by atoms with Gasteiger partial charge in [-0.1, -0.05) is 12.1 Å². The topological polar surface area (TPSA) is 76.0 Å². The van der Waals surface area contributed by atoms with Gasteiger partial charge in [0.05, 0.1) is 43.0 Å². The van der Waals surface area contributed by atoms with Crippen LogP contribution in [0.5, 0.6) is 0 Å². The minimum atomic E-state index is -3.83. The van der Waals surface area contributed by atoms with Gasteiger partial charge >= 0.3 is 0 Å². The van der Waals surface area contributed by atoms with Crippen LogP contribution in [0.2, 0.25) is 0 Å². The Kier molecular flexibility index (Phi) is 3.93. The molecule has 6 nitrogen and oxygen atoms in total. The van der Waals surface area contributed by atoms with Crippen molar-refractivity contribution in [2.75, 3.05) is 33.2 Å². The number of hydrogen-bond acceptors (Lipinski definition) is 4. The van der Waals surface area contributed by atoms with Gasteiger partial charge in [0, 0.05) is 16.7 Å². The van der Waals surface area contributed by atoms with E-state index in [-0.39, 0.29) is 32.6 Å². The third kappa shape index (κ3) is 2.55. The third-order valence-corrected chi connectivity index (χ3v) is 6.94. The van der Waals surface area contributed by atoms with E-state index >= 15 is 0 Å². The Balaban J connectivity index is 1.76. The minimum Gasteiger partial charge on any atom is -0.334 e. The van der Waals surface area contributed by atoms with E-state index in [1.807, 2.05) is 0 Å². The lowest BCUT2D eigenvalue weighted by atomic mass is 10.0. The zero-order chi connectivity index (χ0) is 18.5. The summed E-state index contributed by atoms with van der Waals surface area (Å²) in [4.78, 5) is 28.4. The molecule has 2 heterocycles. The van der Waals surface area contributed by atoms with Crippen molar-refractivity contribution in [2.45, 2.75) is 9.79 Å². The first-order valence-corrected chi connectivity index (χ1v) is 10.0. The summed E-state index contributed by atoms with van der Waals surface area (Å²) in [5, 5.41) is 0.